The van der Waals surface area contributed by atoms with E-state index < -0.39 is 35.7 Å². The first-order chi connectivity index (χ1) is 53.4. The Kier molecular flexibility index (Phi) is 23.5. The molecule has 0 spiro atoms. The van der Waals surface area contributed by atoms with Crippen molar-refractivity contribution in [1.82, 2.24) is 73.5 Å². The molecule has 15 rings (SSSR count). The van der Waals surface area contributed by atoms with E-state index in [4.69, 9.17) is 16.3 Å². The second kappa shape index (κ2) is 34.0. The fourth-order valence-corrected chi connectivity index (χ4v) is 12.3. The second-order valence-corrected chi connectivity index (χ2v) is 26.8. The van der Waals surface area contributed by atoms with E-state index in [1.807, 2.05) is 65.8 Å². The normalized spacial score (nSPS) is 15.0. The van der Waals surface area contributed by atoms with Crippen LogP contribution in [0.2, 0.25) is 5.02 Å². The quantitative estimate of drug-likeness (QED) is 0.0330. The monoisotopic (exact) mass is 1540 g/mol. The van der Waals surface area contributed by atoms with Gasteiger partial charge in [-0.3, -0.25) is 28.1 Å². The molecule has 111 heavy (non-hydrogen) atoms. The third-order valence-electron chi connectivity index (χ3n) is 18.1. The predicted octanol–water partition coefficient (Wildman–Crippen LogP) is 12.3. The number of morpholine rings is 1. The highest BCUT2D eigenvalue weighted by atomic mass is 35.5. The molecule has 34 heteroatoms. The summed E-state index contributed by atoms with van der Waals surface area (Å²) in [4.78, 5) is 97.8. The van der Waals surface area contributed by atoms with Crippen LogP contribution in [-0.4, -0.2) is 166 Å². The van der Waals surface area contributed by atoms with Gasteiger partial charge in [-0.05, 0) is 109 Å². The van der Waals surface area contributed by atoms with E-state index in [1.165, 1.54) is 24.3 Å². The van der Waals surface area contributed by atoms with Crippen molar-refractivity contribution in [1.29, 1.82) is 0 Å². The number of nitrogens with zero attached hydrogens (tertiary/aromatic N) is 18. The summed E-state index contributed by atoms with van der Waals surface area (Å²) in [5.74, 6) is 2.62. The molecule has 570 valence electrons. The maximum atomic E-state index is 13.1. The first-order valence-corrected chi connectivity index (χ1v) is 35.5. The molecule has 2 atom stereocenters. The molecule has 0 amide bonds. The highest BCUT2D eigenvalue weighted by Gasteiger charge is 2.33. The fraction of sp³-hybridized carbons (Fsp3) is 0.260. The number of nitrogens with one attached hydrogen (secondary N) is 3. The van der Waals surface area contributed by atoms with Crippen molar-refractivity contribution in [3.05, 3.63) is 250 Å². The number of β-amino-alcohol motifs (C(OH)–C–C–N with tert-alkyl or cyclic N) is 2. The number of benzene rings is 6. The van der Waals surface area contributed by atoms with Gasteiger partial charge in [-0.25, -0.2) is 15.0 Å². The van der Waals surface area contributed by atoms with Crippen LogP contribution in [0, 0.1) is 20.8 Å². The molecule has 3 saturated heterocycles. The number of aliphatic hydroxyl groups excluding tert-OH is 2. The highest BCUT2D eigenvalue weighted by molar-refractivity contribution is 6.30. The van der Waals surface area contributed by atoms with Gasteiger partial charge in [0.15, 0.2) is 17.3 Å². The number of hydrogen-bond acceptors (Lipinski definition) is 24. The molecule has 3 aliphatic rings. The lowest BCUT2D eigenvalue weighted by Crippen LogP contribution is -2.37. The molecule has 0 unspecified atom stereocenters. The molecule has 0 saturated carbocycles. The van der Waals surface area contributed by atoms with Gasteiger partial charge < -0.3 is 45.6 Å². The van der Waals surface area contributed by atoms with Gasteiger partial charge in [0.25, 0.3) is 0 Å². The number of carbonyl (C=O) groups is 3. The van der Waals surface area contributed by atoms with Crippen molar-refractivity contribution < 1.29 is 55.7 Å². The summed E-state index contributed by atoms with van der Waals surface area (Å²) in [6.07, 6.45) is 6.12. The first kappa shape index (κ1) is 76.7. The van der Waals surface area contributed by atoms with Crippen molar-refractivity contribution in [3.63, 3.8) is 0 Å². The molecular weight excluding hydrogens is 1460 g/mol. The van der Waals surface area contributed by atoms with Crippen LogP contribution in [-0.2, 0) is 36.4 Å². The number of rotatable bonds is 21. The Balaban J connectivity index is 0.000000146. The Labute approximate surface area is 636 Å². The molecule has 9 heterocycles. The molecular formula is C77H72ClF6N21O6. The number of aryl methyl sites for hydroxylation is 3. The Morgan fingerprint density at radius 2 is 0.784 bits per heavy atom. The molecule has 3 aliphatic heterocycles. The largest absolute Gasteiger partial charge is 0.416 e. The summed E-state index contributed by atoms with van der Waals surface area (Å²) >= 11 is 6.06. The summed E-state index contributed by atoms with van der Waals surface area (Å²) in [6, 6.07) is 32.5. The Morgan fingerprint density at radius 1 is 0.441 bits per heavy atom. The molecule has 12 aromatic rings. The lowest BCUT2D eigenvalue weighted by molar-refractivity contribution is -0.138. The van der Waals surface area contributed by atoms with E-state index in [2.05, 4.69) is 75.8 Å². The van der Waals surface area contributed by atoms with E-state index in [0.29, 0.717) is 140 Å². The Morgan fingerprint density at radius 3 is 1.11 bits per heavy atom. The van der Waals surface area contributed by atoms with Gasteiger partial charge in [-0.15, -0.1) is 0 Å². The minimum Gasteiger partial charge on any atom is -0.391 e. The zero-order valence-corrected chi connectivity index (χ0v) is 60.6. The summed E-state index contributed by atoms with van der Waals surface area (Å²) in [7, 11) is 0. The van der Waals surface area contributed by atoms with Gasteiger partial charge in [0.1, 0.15) is 19.0 Å². The number of ketones is 3. The van der Waals surface area contributed by atoms with E-state index >= 15 is 0 Å². The number of hydrogen-bond donors (Lipinski definition) is 5. The van der Waals surface area contributed by atoms with Crippen molar-refractivity contribution in [2.24, 2.45) is 0 Å². The maximum absolute atomic E-state index is 13.1. The highest BCUT2D eigenvalue weighted by Crippen LogP contribution is 2.34. The number of anilines is 9. The summed E-state index contributed by atoms with van der Waals surface area (Å²) in [6.45, 7) is 10.1. The summed E-state index contributed by atoms with van der Waals surface area (Å²) in [5, 5.41) is 30.1. The van der Waals surface area contributed by atoms with Crippen LogP contribution in [0.25, 0.3) is 17.8 Å². The third kappa shape index (κ3) is 19.9. The van der Waals surface area contributed by atoms with E-state index in [1.54, 1.807) is 118 Å². The molecule has 0 bridgehead atoms. The van der Waals surface area contributed by atoms with Crippen LogP contribution in [0.15, 0.2) is 184 Å². The van der Waals surface area contributed by atoms with Crippen LogP contribution >= 0.6 is 11.6 Å². The van der Waals surface area contributed by atoms with E-state index in [0.717, 1.165) is 52.2 Å². The first-order valence-electron chi connectivity index (χ1n) is 35.1. The minimum atomic E-state index is -4.48. The molecule has 0 aliphatic carbocycles. The number of aromatic nitrogens is 15. The van der Waals surface area contributed by atoms with Crippen molar-refractivity contribution in [2.45, 2.75) is 77.4 Å². The predicted molar refractivity (Wildman–Crippen MR) is 401 cm³/mol. The lowest BCUT2D eigenvalue weighted by atomic mass is 9.99. The van der Waals surface area contributed by atoms with E-state index in [9.17, 15) is 50.9 Å². The Hall–Kier alpha value is -12.5. The van der Waals surface area contributed by atoms with Crippen molar-refractivity contribution in [2.75, 3.05) is 83.1 Å². The van der Waals surface area contributed by atoms with Crippen LogP contribution in [0.1, 0.15) is 88.4 Å². The molecule has 6 aromatic heterocycles. The number of imidazole rings is 3. The lowest BCUT2D eigenvalue weighted by Gasteiger charge is -2.27. The maximum Gasteiger partial charge on any atom is 0.416 e. The molecule has 0 radical (unpaired) electrons. The number of halogens is 7. The molecule has 6 aromatic carbocycles. The molecule has 5 N–H and O–H groups in total. The second-order valence-electron chi connectivity index (χ2n) is 26.4. The minimum absolute atomic E-state index is 0.0168. The standard InChI is InChI=1S/2C26H24F3N7O2.C25H24ClN7O2/c1-16-5-6-18(22(38)12-17-3-2-4-19(11-17)26(27,28)29)13-21(16)31-23-32-24(35-9-7-20(37)14-35)34-25(33-23)36-10-8-30-15-36;1-17-5-6-19(22(37)14-18-3-2-4-20(13-18)26(27,28)29)15-21(17)31-23-32-24(35-9-11-38-12-10-35)34-25(33-23)36-8-7-30-16-36;1-16-5-6-18(22(35)12-17-3-2-4-19(26)11-17)13-21(16)28-23-29-24(32-9-7-20(34)14-32)31-25(30-23)33-10-8-27-15-33/h2-6,8,10-11,13,15,20,37H,7,9,12,14H2,1H3,(H,31,32,33,34);2-8,13,15-16H,9-12,14H2,1H3,(H,31,32,33,34);2-6,8,10-11,13,15,20,34H,7,9,12,14H2,1H3,(H,28,29,30,31)/t20-;;20-/m0.0/s1. The van der Waals surface area contributed by atoms with Gasteiger partial charge in [-0.1, -0.05) is 96.5 Å². The van der Waals surface area contributed by atoms with Gasteiger partial charge in [-0.2, -0.15) is 71.2 Å². The Bertz CT molecular complexity index is 5080. The summed E-state index contributed by atoms with van der Waals surface area (Å²) < 4.78 is 88.9. The topological polar surface area (TPSA) is 316 Å². The van der Waals surface area contributed by atoms with Gasteiger partial charge >= 0.3 is 12.4 Å². The number of aliphatic hydroxyl groups is 2. The smallest absolute Gasteiger partial charge is 0.391 e. The van der Waals surface area contributed by atoms with E-state index in [-0.39, 0.29) is 59.6 Å². The van der Waals surface area contributed by atoms with Crippen LogP contribution in [0.3, 0.4) is 0 Å². The third-order valence-corrected chi connectivity index (χ3v) is 18.4. The average molecular weight is 1540 g/mol. The zero-order chi connectivity index (χ0) is 77.9. The number of carbonyl (C=O) groups excluding carboxylic acids is 3. The fourth-order valence-electron chi connectivity index (χ4n) is 12.1. The van der Waals surface area contributed by atoms with Gasteiger partial charge in [0.05, 0.1) is 36.5 Å². The van der Waals surface area contributed by atoms with Gasteiger partial charge in [0.2, 0.25) is 53.5 Å². The van der Waals surface area contributed by atoms with Crippen LogP contribution in [0.4, 0.5) is 79.1 Å². The number of Topliss-reactive ketones (excluding diaryl/α,β-unsaturated/α-hetero) is 3. The van der Waals surface area contributed by atoms with Crippen molar-refractivity contribution >= 4 is 81.7 Å². The van der Waals surface area contributed by atoms with Crippen molar-refractivity contribution in [3.8, 4) is 17.8 Å². The number of alkyl halides is 6. The zero-order valence-electron chi connectivity index (χ0n) is 59.9. The van der Waals surface area contributed by atoms with Gasteiger partial charge in [0, 0.05) is 134 Å². The van der Waals surface area contributed by atoms with Crippen LogP contribution in [0.5, 0.6) is 0 Å². The molecule has 27 nitrogen and oxygen atoms in total. The van der Waals surface area contributed by atoms with Crippen LogP contribution < -0.4 is 30.7 Å². The SMILES string of the molecule is Cc1ccc(C(=O)Cc2cccc(C(F)(F)F)c2)cc1Nc1nc(N2CCOCC2)nc(-n2ccnc2)n1.Cc1ccc(C(=O)Cc2cccc(C(F)(F)F)c2)cc1Nc1nc(N2CC[C@H](O)C2)nc(-n2ccnc2)n1.Cc1ccc(C(=O)Cc2cccc(Cl)c2)cc1Nc1nc(N2CC[C@H](O)C2)nc(-n2ccnc2)n1. The summed E-state index contributed by atoms with van der Waals surface area (Å²) in [5.41, 5.74) is 5.57. The molecule has 3 fully saturated rings. The number of ether oxygens (including phenoxy) is 1. The average Bonchev–Trinajstić information content (AvgIpc) is 1.80.